The number of aromatic nitrogens is 2. The van der Waals surface area contributed by atoms with E-state index in [9.17, 15) is 0 Å². The van der Waals surface area contributed by atoms with Crippen LogP contribution >= 0.6 is 11.3 Å². The molecule has 1 N–H and O–H groups in total. The number of benzene rings is 2. The number of aryl methyl sites for hydroxylation is 1. The van der Waals surface area contributed by atoms with E-state index >= 15 is 0 Å². The lowest BCUT2D eigenvalue weighted by molar-refractivity contribution is -0.840. The van der Waals surface area contributed by atoms with Crippen LogP contribution < -0.4 is 4.90 Å². The lowest BCUT2D eigenvalue weighted by Crippen LogP contribution is -3.06. The van der Waals surface area contributed by atoms with Crippen molar-refractivity contribution in [1.82, 2.24) is 10.1 Å². The molecule has 2 aromatic carbocycles. The Bertz CT molecular complexity index is 1130. The SMILES string of the molecule is Cc1ccc(CC(c2nc(-c3ccc(C[NH+]4C=C[CH-]4)cc3)no2)c2cccs2)cc1. The highest BCUT2D eigenvalue weighted by atomic mass is 32.1. The predicted octanol–water partition coefficient (Wildman–Crippen LogP) is 4.56. The van der Waals surface area contributed by atoms with Gasteiger partial charge < -0.3 is 9.42 Å². The molecule has 2 atom stereocenters. The first-order valence-electron chi connectivity index (χ1n) is 10.1. The minimum atomic E-state index is 0.0607. The molecule has 0 amide bonds. The summed E-state index contributed by atoms with van der Waals surface area (Å²) in [5, 5.41) is 6.38. The van der Waals surface area contributed by atoms with Crippen LogP contribution in [0.2, 0.25) is 0 Å². The van der Waals surface area contributed by atoms with Crippen molar-refractivity contribution in [3.63, 3.8) is 0 Å². The normalized spacial score (nSPS) is 16.1. The summed E-state index contributed by atoms with van der Waals surface area (Å²) in [4.78, 5) is 7.37. The Morgan fingerprint density at radius 3 is 2.47 bits per heavy atom. The third-order valence-electron chi connectivity index (χ3n) is 5.43. The fraction of sp³-hybridized carbons (Fsp3) is 0.160. The molecule has 1 aliphatic heterocycles. The quantitative estimate of drug-likeness (QED) is 0.452. The van der Waals surface area contributed by atoms with Crippen molar-refractivity contribution >= 4 is 11.3 Å². The zero-order valence-corrected chi connectivity index (χ0v) is 17.6. The van der Waals surface area contributed by atoms with E-state index in [4.69, 9.17) is 9.51 Å². The summed E-state index contributed by atoms with van der Waals surface area (Å²) in [6.07, 6.45) is 5.06. The maximum atomic E-state index is 5.75. The van der Waals surface area contributed by atoms with Gasteiger partial charge in [-0.3, -0.25) is 0 Å². The van der Waals surface area contributed by atoms with Crippen molar-refractivity contribution in [3.8, 4) is 11.4 Å². The van der Waals surface area contributed by atoms with Gasteiger partial charge >= 0.3 is 0 Å². The van der Waals surface area contributed by atoms with Gasteiger partial charge in [-0.1, -0.05) is 78.1 Å². The minimum Gasteiger partial charge on any atom is -0.421 e. The van der Waals surface area contributed by atoms with E-state index in [-0.39, 0.29) is 5.92 Å². The van der Waals surface area contributed by atoms with Crippen LogP contribution in [0.15, 0.2) is 82.8 Å². The van der Waals surface area contributed by atoms with Crippen molar-refractivity contribution in [2.24, 2.45) is 0 Å². The van der Waals surface area contributed by atoms with Crippen molar-refractivity contribution in [3.05, 3.63) is 112 Å². The number of hydrogen-bond donors (Lipinski definition) is 1. The van der Waals surface area contributed by atoms with Gasteiger partial charge in [0, 0.05) is 16.0 Å². The van der Waals surface area contributed by atoms with Gasteiger partial charge in [-0.25, -0.2) is 0 Å². The van der Waals surface area contributed by atoms with E-state index in [2.05, 4.69) is 96.9 Å². The van der Waals surface area contributed by atoms with Crippen LogP contribution in [0.25, 0.3) is 11.4 Å². The van der Waals surface area contributed by atoms with Crippen LogP contribution in [0, 0.1) is 13.5 Å². The molecule has 0 saturated carbocycles. The van der Waals surface area contributed by atoms with E-state index < -0.39 is 0 Å². The number of rotatable bonds is 7. The lowest BCUT2D eigenvalue weighted by Gasteiger charge is -2.29. The summed E-state index contributed by atoms with van der Waals surface area (Å²) in [6, 6.07) is 21.3. The Morgan fingerprint density at radius 1 is 1.03 bits per heavy atom. The van der Waals surface area contributed by atoms with Gasteiger partial charge in [0.05, 0.1) is 12.5 Å². The second-order valence-electron chi connectivity index (χ2n) is 7.69. The second-order valence-corrected chi connectivity index (χ2v) is 8.67. The Kier molecular flexibility index (Phi) is 5.22. The average Bonchev–Trinajstić information content (AvgIpc) is 3.43. The molecule has 1 aliphatic rings. The molecule has 0 saturated heterocycles. The summed E-state index contributed by atoms with van der Waals surface area (Å²) < 4.78 is 5.75. The van der Waals surface area contributed by atoms with Gasteiger partial charge in [0.1, 0.15) is 0 Å². The maximum Gasteiger partial charge on any atom is 0.235 e. The fourth-order valence-corrected chi connectivity index (χ4v) is 4.43. The van der Waals surface area contributed by atoms with E-state index in [1.807, 2.05) is 0 Å². The monoisotopic (exact) mass is 413 g/mol. The van der Waals surface area contributed by atoms with Gasteiger partial charge in [0.25, 0.3) is 0 Å². The number of nitrogens with zero attached hydrogens (tertiary/aromatic N) is 2. The lowest BCUT2D eigenvalue weighted by atomic mass is 9.97. The zero-order chi connectivity index (χ0) is 20.3. The van der Waals surface area contributed by atoms with Crippen LogP contribution in [-0.2, 0) is 13.0 Å². The molecular weight excluding hydrogens is 390 g/mol. The molecule has 2 aromatic heterocycles. The van der Waals surface area contributed by atoms with Crippen molar-refractivity contribution in [2.45, 2.75) is 25.8 Å². The van der Waals surface area contributed by atoms with E-state index in [0.29, 0.717) is 11.7 Å². The van der Waals surface area contributed by atoms with Gasteiger partial charge in [-0.05, 0) is 30.4 Å². The number of thiophene rings is 1. The number of hydrogen-bond acceptors (Lipinski definition) is 4. The summed E-state index contributed by atoms with van der Waals surface area (Å²) in [5.41, 5.74) is 4.79. The molecular formula is C25H23N3OS. The van der Waals surface area contributed by atoms with Crippen molar-refractivity contribution < 1.29 is 9.42 Å². The van der Waals surface area contributed by atoms with Gasteiger partial charge in [-0.2, -0.15) is 4.98 Å². The molecule has 150 valence electrons. The molecule has 4 aromatic rings. The first kappa shape index (κ1) is 18.9. The summed E-state index contributed by atoms with van der Waals surface area (Å²) >= 11 is 1.73. The molecule has 3 heterocycles. The Labute approximate surface area is 180 Å². The third kappa shape index (κ3) is 4.08. The standard InChI is InChI=1S/C25H23N3OS/c1-18-5-7-19(8-6-18)16-22(23-4-2-15-30-23)25-26-24(27-29-25)21-11-9-20(10-12-21)17-28-13-3-14-28/h2-15,22,28H,16-17H2,1H3. The number of quaternary nitrogens is 1. The highest BCUT2D eigenvalue weighted by Gasteiger charge is 2.23. The predicted molar refractivity (Wildman–Crippen MR) is 119 cm³/mol. The Morgan fingerprint density at radius 2 is 1.80 bits per heavy atom. The molecule has 30 heavy (non-hydrogen) atoms. The molecule has 0 fully saturated rings. The minimum absolute atomic E-state index is 0.0607. The van der Waals surface area contributed by atoms with Gasteiger partial charge in [0.15, 0.2) is 0 Å². The van der Waals surface area contributed by atoms with Crippen LogP contribution in [-0.4, -0.2) is 10.1 Å². The summed E-state index contributed by atoms with van der Waals surface area (Å²) in [7, 11) is 0. The number of nitrogens with one attached hydrogen (secondary N) is 1. The van der Waals surface area contributed by atoms with Crippen LogP contribution in [0.1, 0.15) is 33.4 Å². The molecule has 2 unspecified atom stereocenters. The molecule has 5 heteroatoms. The maximum absolute atomic E-state index is 5.75. The average molecular weight is 414 g/mol. The zero-order valence-electron chi connectivity index (χ0n) is 16.8. The largest absolute Gasteiger partial charge is 0.421 e. The Balaban J connectivity index is 1.38. The van der Waals surface area contributed by atoms with Crippen LogP contribution in [0.4, 0.5) is 0 Å². The highest BCUT2D eigenvalue weighted by molar-refractivity contribution is 7.10. The topological polar surface area (TPSA) is 43.4 Å². The van der Waals surface area contributed by atoms with Crippen molar-refractivity contribution in [2.75, 3.05) is 0 Å². The van der Waals surface area contributed by atoms with Gasteiger partial charge in [0.2, 0.25) is 11.7 Å². The second kappa shape index (κ2) is 8.30. The highest BCUT2D eigenvalue weighted by Crippen LogP contribution is 2.32. The first-order chi connectivity index (χ1) is 14.7. The molecule has 0 spiro atoms. The smallest absolute Gasteiger partial charge is 0.235 e. The molecule has 5 rings (SSSR count). The van der Waals surface area contributed by atoms with Gasteiger partial charge in [-0.15, -0.1) is 17.4 Å². The molecule has 0 radical (unpaired) electrons. The molecule has 0 aliphatic carbocycles. The van der Waals surface area contributed by atoms with Crippen LogP contribution in [0.5, 0.6) is 0 Å². The van der Waals surface area contributed by atoms with E-state index in [1.165, 1.54) is 26.5 Å². The van der Waals surface area contributed by atoms with Crippen LogP contribution in [0.3, 0.4) is 0 Å². The summed E-state index contributed by atoms with van der Waals surface area (Å²) in [5.74, 6) is 1.37. The van der Waals surface area contributed by atoms with Crippen molar-refractivity contribution in [1.29, 1.82) is 0 Å². The van der Waals surface area contributed by atoms with E-state index in [1.54, 1.807) is 11.3 Å². The summed E-state index contributed by atoms with van der Waals surface area (Å²) in [6.45, 7) is 5.22. The fourth-order valence-electron chi connectivity index (χ4n) is 3.61. The molecule has 4 nitrogen and oxygen atoms in total. The molecule has 0 bridgehead atoms. The third-order valence-corrected chi connectivity index (χ3v) is 6.41. The van der Waals surface area contributed by atoms with E-state index in [0.717, 1.165) is 18.5 Å². The first-order valence-corrected chi connectivity index (χ1v) is 11.0. The Hall–Kier alpha value is -3.15.